The lowest BCUT2D eigenvalue weighted by atomic mass is 9.90. The molecule has 2 amide bonds. The van der Waals surface area contributed by atoms with Crippen LogP contribution in [0.4, 0.5) is 4.79 Å². The predicted octanol–water partition coefficient (Wildman–Crippen LogP) is -0.105. The van der Waals surface area contributed by atoms with Gasteiger partial charge in [0.25, 0.3) is 0 Å². The molecule has 2 aliphatic heterocycles. The van der Waals surface area contributed by atoms with Gasteiger partial charge in [0, 0.05) is 6.54 Å². The Morgan fingerprint density at radius 3 is 2.72 bits per heavy atom. The van der Waals surface area contributed by atoms with Crippen molar-refractivity contribution in [3.8, 4) is 0 Å². The van der Waals surface area contributed by atoms with Gasteiger partial charge in [-0.25, -0.2) is 4.79 Å². The van der Waals surface area contributed by atoms with E-state index in [-0.39, 0.29) is 24.6 Å². The first-order chi connectivity index (χ1) is 8.60. The summed E-state index contributed by atoms with van der Waals surface area (Å²) < 4.78 is 4.59. The van der Waals surface area contributed by atoms with Crippen molar-refractivity contribution in [1.29, 1.82) is 0 Å². The van der Waals surface area contributed by atoms with Crippen molar-refractivity contribution < 1.29 is 14.3 Å². The first-order valence-corrected chi connectivity index (χ1v) is 6.41. The number of rotatable bonds is 3. The number of carbonyl (C=O) groups is 2. The molecule has 1 N–H and O–H groups in total. The zero-order valence-electron chi connectivity index (χ0n) is 11.0. The van der Waals surface area contributed by atoms with Gasteiger partial charge in [-0.1, -0.05) is 0 Å². The molecular weight excluding hydrogens is 234 g/mol. The Bertz CT molecular complexity index is 327. The van der Waals surface area contributed by atoms with Gasteiger partial charge in [-0.2, -0.15) is 0 Å². The molecule has 18 heavy (non-hydrogen) atoms. The van der Waals surface area contributed by atoms with Gasteiger partial charge in [-0.05, 0) is 38.9 Å². The largest absolute Gasteiger partial charge is 0.468 e. The van der Waals surface area contributed by atoms with E-state index in [4.69, 9.17) is 0 Å². The second kappa shape index (κ2) is 5.56. The van der Waals surface area contributed by atoms with Crippen molar-refractivity contribution in [1.82, 2.24) is 15.1 Å². The molecule has 2 aliphatic rings. The molecule has 0 aromatic heterocycles. The molecule has 2 heterocycles. The number of carbonyl (C=O) groups excluding carboxylic acids is 2. The summed E-state index contributed by atoms with van der Waals surface area (Å²) in [5.41, 5.74) is 0. The summed E-state index contributed by atoms with van der Waals surface area (Å²) in [6.07, 6.45) is 2.21. The molecule has 0 bridgehead atoms. The lowest BCUT2D eigenvalue weighted by Gasteiger charge is -2.32. The third-order valence-corrected chi connectivity index (χ3v) is 3.89. The van der Waals surface area contributed by atoms with Gasteiger partial charge in [0.2, 0.25) is 0 Å². The normalized spacial score (nSPS) is 26.2. The number of nitrogens with one attached hydrogen (secondary N) is 1. The highest BCUT2D eigenvalue weighted by atomic mass is 16.5. The number of hydrogen-bond donors (Lipinski definition) is 1. The smallest absolute Gasteiger partial charge is 0.325 e. The van der Waals surface area contributed by atoms with Gasteiger partial charge >= 0.3 is 12.0 Å². The van der Waals surface area contributed by atoms with Crippen LogP contribution in [-0.2, 0) is 9.53 Å². The Morgan fingerprint density at radius 2 is 2.11 bits per heavy atom. The number of amides is 2. The number of likely N-dealkylation sites (tertiary alicyclic amines) is 1. The maximum absolute atomic E-state index is 11.7. The standard InChI is InChI=1S/C12H21N3O3/c1-14-5-3-9(4-6-14)10-7-15(12(17)13-10)8-11(16)18-2/h9-10H,3-8H2,1-2H3,(H,13,17). The van der Waals surface area contributed by atoms with Gasteiger partial charge in [0.1, 0.15) is 6.54 Å². The van der Waals surface area contributed by atoms with E-state index < -0.39 is 0 Å². The second-order valence-corrected chi connectivity index (χ2v) is 5.15. The third kappa shape index (κ3) is 2.93. The van der Waals surface area contributed by atoms with Crippen molar-refractivity contribution >= 4 is 12.0 Å². The maximum Gasteiger partial charge on any atom is 0.325 e. The van der Waals surface area contributed by atoms with Gasteiger partial charge in [0.05, 0.1) is 13.2 Å². The first-order valence-electron chi connectivity index (χ1n) is 6.41. The lowest BCUT2D eigenvalue weighted by Crippen LogP contribution is -2.41. The Morgan fingerprint density at radius 1 is 1.44 bits per heavy atom. The molecule has 6 heteroatoms. The van der Waals surface area contributed by atoms with E-state index in [0.717, 1.165) is 25.9 Å². The van der Waals surface area contributed by atoms with Crippen LogP contribution in [-0.4, -0.2) is 68.2 Å². The van der Waals surface area contributed by atoms with E-state index in [9.17, 15) is 9.59 Å². The number of esters is 1. The Hall–Kier alpha value is -1.30. The van der Waals surface area contributed by atoms with Crippen molar-refractivity contribution in [3.05, 3.63) is 0 Å². The molecule has 0 aromatic carbocycles. The molecule has 0 radical (unpaired) electrons. The van der Waals surface area contributed by atoms with Crippen LogP contribution < -0.4 is 5.32 Å². The third-order valence-electron chi connectivity index (χ3n) is 3.89. The molecule has 0 saturated carbocycles. The monoisotopic (exact) mass is 255 g/mol. The summed E-state index contributed by atoms with van der Waals surface area (Å²) in [5, 5.41) is 2.98. The van der Waals surface area contributed by atoms with Crippen molar-refractivity contribution in [2.75, 3.05) is 40.3 Å². The molecule has 2 fully saturated rings. The van der Waals surface area contributed by atoms with E-state index >= 15 is 0 Å². The van der Waals surface area contributed by atoms with E-state index in [0.29, 0.717) is 12.5 Å². The van der Waals surface area contributed by atoms with Crippen LogP contribution >= 0.6 is 0 Å². The highest BCUT2D eigenvalue weighted by molar-refractivity contribution is 5.82. The Kier molecular flexibility index (Phi) is 4.06. The maximum atomic E-state index is 11.7. The molecule has 0 aliphatic carbocycles. The summed E-state index contributed by atoms with van der Waals surface area (Å²) >= 11 is 0. The summed E-state index contributed by atoms with van der Waals surface area (Å²) in [6.45, 7) is 2.82. The number of methoxy groups -OCH3 is 1. The molecule has 1 atom stereocenters. The summed E-state index contributed by atoms with van der Waals surface area (Å²) in [4.78, 5) is 26.8. The minimum Gasteiger partial charge on any atom is -0.468 e. The Labute approximate surface area is 107 Å². The van der Waals surface area contributed by atoms with E-state index in [1.807, 2.05) is 0 Å². The quantitative estimate of drug-likeness (QED) is 0.715. The van der Waals surface area contributed by atoms with Gasteiger partial charge in [0.15, 0.2) is 0 Å². The van der Waals surface area contributed by atoms with Crippen LogP contribution in [0, 0.1) is 5.92 Å². The van der Waals surface area contributed by atoms with Crippen LogP contribution in [0.25, 0.3) is 0 Å². The molecule has 0 aromatic rings. The minimum absolute atomic E-state index is 0.0471. The number of urea groups is 1. The number of nitrogens with zero attached hydrogens (tertiary/aromatic N) is 2. The van der Waals surface area contributed by atoms with Crippen LogP contribution in [0.15, 0.2) is 0 Å². The molecule has 1 unspecified atom stereocenters. The average molecular weight is 255 g/mol. The Balaban J connectivity index is 1.86. The highest BCUT2D eigenvalue weighted by Gasteiger charge is 2.36. The van der Waals surface area contributed by atoms with Crippen molar-refractivity contribution in [2.45, 2.75) is 18.9 Å². The fourth-order valence-corrected chi connectivity index (χ4v) is 2.67. The highest BCUT2D eigenvalue weighted by Crippen LogP contribution is 2.23. The molecule has 6 nitrogen and oxygen atoms in total. The van der Waals surface area contributed by atoms with Gasteiger partial charge < -0.3 is 19.9 Å². The van der Waals surface area contributed by atoms with Crippen LogP contribution in [0.3, 0.4) is 0 Å². The van der Waals surface area contributed by atoms with Gasteiger partial charge in [-0.15, -0.1) is 0 Å². The van der Waals surface area contributed by atoms with E-state index in [2.05, 4.69) is 22.0 Å². The molecule has 0 spiro atoms. The fraction of sp³-hybridized carbons (Fsp3) is 0.833. The predicted molar refractivity (Wildman–Crippen MR) is 66.1 cm³/mol. The number of hydrogen-bond acceptors (Lipinski definition) is 4. The second-order valence-electron chi connectivity index (χ2n) is 5.15. The van der Waals surface area contributed by atoms with Crippen molar-refractivity contribution in [2.24, 2.45) is 5.92 Å². The van der Waals surface area contributed by atoms with E-state index in [1.165, 1.54) is 12.0 Å². The molecule has 102 valence electrons. The van der Waals surface area contributed by atoms with Crippen LogP contribution in [0.5, 0.6) is 0 Å². The van der Waals surface area contributed by atoms with Gasteiger partial charge in [-0.3, -0.25) is 4.79 Å². The van der Waals surface area contributed by atoms with Crippen LogP contribution in [0.2, 0.25) is 0 Å². The molecule has 2 saturated heterocycles. The molecular formula is C12H21N3O3. The van der Waals surface area contributed by atoms with Crippen LogP contribution in [0.1, 0.15) is 12.8 Å². The first kappa shape index (κ1) is 13.1. The summed E-state index contributed by atoms with van der Waals surface area (Å²) in [7, 11) is 3.46. The summed E-state index contributed by atoms with van der Waals surface area (Å²) in [5.74, 6) is 0.155. The minimum atomic E-state index is -0.367. The number of piperidine rings is 1. The SMILES string of the molecule is COC(=O)CN1CC(C2CCN(C)CC2)NC1=O. The number of ether oxygens (including phenoxy) is 1. The van der Waals surface area contributed by atoms with E-state index in [1.54, 1.807) is 0 Å². The lowest BCUT2D eigenvalue weighted by molar-refractivity contribution is -0.141. The topological polar surface area (TPSA) is 61.9 Å². The zero-order valence-corrected chi connectivity index (χ0v) is 11.0. The molecule has 2 rings (SSSR count). The summed E-state index contributed by atoms with van der Waals surface area (Å²) in [6, 6.07) is 0.0279. The zero-order chi connectivity index (χ0) is 13.1. The fourth-order valence-electron chi connectivity index (χ4n) is 2.67. The van der Waals surface area contributed by atoms with Crippen molar-refractivity contribution in [3.63, 3.8) is 0 Å². The average Bonchev–Trinajstić information content (AvgIpc) is 2.71.